The van der Waals surface area contributed by atoms with E-state index in [1.807, 2.05) is 0 Å². The van der Waals surface area contributed by atoms with E-state index in [0.29, 0.717) is 6.04 Å². The standard InChI is InChI=1S/C16H27N3/c1-5-12(3)19(6-2)16-10-7-14(13(4)18-16)11-17-15-8-9-15/h7,10,12,15,17H,5-6,8-9,11H2,1-4H3. The highest BCUT2D eigenvalue weighted by Gasteiger charge is 2.20. The molecule has 0 bridgehead atoms. The molecule has 1 unspecified atom stereocenters. The van der Waals surface area contributed by atoms with Crippen molar-refractivity contribution in [1.29, 1.82) is 0 Å². The monoisotopic (exact) mass is 261 g/mol. The number of nitrogens with zero attached hydrogens (tertiary/aromatic N) is 2. The molecule has 0 saturated heterocycles. The molecule has 0 aromatic carbocycles. The van der Waals surface area contributed by atoms with Gasteiger partial charge in [0.15, 0.2) is 0 Å². The molecule has 1 atom stereocenters. The Morgan fingerprint density at radius 1 is 1.37 bits per heavy atom. The Balaban J connectivity index is 2.07. The van der Waals surface area contributed by atoms with Crippen LogP contribution in [0.5, 0.6) is 0 Å². The van der Waals surface area contributed by atoms with E-state index in [9.17, 15) is 0 Å². The van der Waals surface area contributed by atoms with Crippen LogP contribution in [0.1, 0.15) is 51.3 Å². The summed E-state index contributed by atoms with van der Waals surface area (Å²) in [6.07, 6.45) is 3.82. The first kappa shape index (κ1) is 14.3. The van der Waals surface area contributed by atoms with Crippen LogP contribution in [0.15, 0.2) is 12.1 Å². The smallest absolute Gasteiger partial charge is 0.129 e. The molecule has 0 spiro atoms. The maximum Gasteiger partial charge on any atom is 0.129 e. The molecule has 1 heterocycles. The van der Waals surface area contributed by atoms with Gasteiger partial charge in [0.05, 0.1) is 0 Å². The molecule has 1 saturated carbocycles. The van der Waals surface area contributed by atoms with Crippen molar-refractivity contribution in [3.05, 3.63) is 23.4 Å². The fourth-order valence-electron chi connectivity index (χ4n) is 2.39. The first-order chi connectivity index (χ1) is 9.15. The van der Waals surface area contributed by atoms with Crippen molar-refractivity contribution in [2.24, 2.45) is 0 Å². The third-order valence-corrected chi connectivity index (χ3v) is 4.10. The van der Waals surface area contributed by atoms with Crippen LogP contribution < -0.4 is 10.2 Å². The minimum Gasteiger partial charge on any atom is -0.354 e. The molecule has 3 nitrogen and oxygen atoms in total. The van der Waals surface area contributed by atoms with Gasteiger partial charge in [-0.15, -0.1) is 0 Å². The number of hydrogen-bond donors (Lipinski definition) is 1. The topological polar surface area (TPSA) is 28.2 Å². The van der Waals surface area contributed by atoms with Gasteiger partial charge >= 0.3 is 0 Å². The summed E-state index contributed by atoms with van der Waals surface area (Å²) in [7, 11) is 0. The van der Waals surface area contributed by atoms with Gasteiger partial charge in [-0.3, -0.25) is 0 Å². The van der Waals surface area contributed by atoms with Crippen molar-refractivity contribution in [1.82, 2.24) is 10.3 Å². The summed E-state index contributed by atoms with van der Waals surface area (Å²) in [6.45, 7) is 10.8. The third-order valence-electron chi connectivity index (χ3n) is 4.10. The lowest BCUT2D eigenvalue weighted by Crippen LogP contribution is -2.33. The minimum absolute atomic E-state index is 0.548. The summed E-state index contributed by atoms with van der Waals surface area (Å²) in [5.74, 6) is 1.12. The van der Waals surface area contributed by atoms with Crippen molar-refractivity contribution in [3.63, 3.8) is 0 Å². The van der Waals surface area contributed by atoms with Crippen LogP contribution >= 0.6 is 0 Å². The molecule has 106 valence electrons. The number of pyridine rings is 1. The van der Waals surface area contributed by atoms with E-state index in [1.165, 1.54) is 18.4 Å². The van der Waals surface area contributed by atoms with Crippen LogP contribution in [0.25, 0.3) is 0 Å². The molecule has 0 amide bonds. The van der Waals surface area contributed by atoms with Crippen LogP contribution in [-0.2, 0) is 6.54 Å². The fourth-order valence-corrected chi connectivity index (χ4v) is 2.39. The Hall–Kier alpha value is -1.09. The first-order valence-corrected chi connectivity index (χ1v) is 7.62. The van der Waals surface area contributed by atoms with Crippen LogP contribution in [0.2, 0.25) is 0 Å². The quantitative estimate of drug-likeness (QED) is 0.816. The van der Waals surface area contributed by atoms with Crippen LogP contribution in [0.4, 0.5) is 5.82 Å². The maximum absolute atomic E-state index is 4.80. The van der Waals surface area contributed by atoms with E-state index >= 15 is 0 Å². The first-order valence-electron chi connectivity index (χ1n) is 7.62. The fraction of sp³-hybridized carbons (Fsp3) is 0.688. The lowest BCUT2D eigenvalue weighted by atomic mass is 10.1. The van der Waals surface area contributed by atoms with E-state index in [-0.39, 0.29) is 0 Å². The molecule has 1 aliphatic carbocycles. The van der Waals surface area contributed by atoms with E-state index in [4.69, 9.17) is 4.98 Å². The lowest BCUT2D eigenvalue weighted by Gasteiger charge is -2.28. The minimum atomic E-state index is 0.548. The van der Waals surface area contributed by atoms with E-state index in [1.54, 1.807) is 0 Å². The van der Waals surface area contributed by atoms with Crippen LogP contribution in [-0.4, -0.2) is 23.6 Å². The van der Waals surface area contributed by atoms with Gasteiger partial charge in [-0.05, 0) is 51.7 Å². The summed E-state index contributed by atoms with van der Waals surface area (Å²) in [4.78, 5) is 7.18. The molecule has 2 rings (SSSR count). The SMILES string of the molecule is CCC(C)N(CC)c1ccc(CNC2CC2)c(C)n1. The zero-order chi connectivity index (χ0) is 13.8. The zero-order valence-electron chi connectivity index (χ0n) is 12.7. The van der Waals surface area contributed by atoms with Crippen molar-refractivity contribution in [2.45, 2.75) is 65.6 Å². The van der Waals surface area contributed by atoms with Crippen molar-refractivity contribution in [2.75, 3.05) is 11.4 Å². The predicted molar refractivity (Wildman–Crippen MR) is 81.6 cm³/mol. The van der Waals surface area contributed by atoms with Crippen LogP contribution in [0.3, 0.4) is 0 Å². The van der Waals surface area contributed by atoms with Gasteiger partial charge in [0.25, 0.3) is 0 Å². The molecule has 1 fully saturated rings. The number of anilines is 1. The predicted octanol–water partition coefficient (Wildman–Crippen LogP) is 3.27. The van der Waals surface area contributed by atoms with E-state index < -0.39 is 0 Å². The normalized spacial score (nSPS) is 16.4. The molecule has 0 aliphatic heterocycles. The van der Waals surface area contributed by atoms with Gasteiger partial charge in [-0.1, -0.05) is 13.0 Å². The highest BCUT2D eigenvalue weighted by molar-refractivity contribution is 5.42. The van der Waals surface area contributed by atoms with Crippen LogP contribution in [0, 0.1) is 6.92 Å². The lowest BCUT2D eigenvalue weighted by molar-refractivity contribution is 0.621. The Morgan fingerprint density at radius 2 is 2.11 bits per heavy atom. The average Bonchev–Trinajstić information content (AvgIpc) is 3.22. The van der Waals surface area contributed by atoms with Crippen molar-refractivity contribution in [3.8, 4) is 0 Å². The van der Waals surface area contributed by atoms with Gasteiger partial charge in [0, 0.05) is 30.9 Å². The molecule has 1 aromatic rings. The Labute approximate surface area is 117 Å². The second-order valence-electron chi connectivity index (χ2n) is 5.61. The summed E-state index contributed by atoms with van der Waals surface area (Å²) < 4.78 is 0. The Kier molecular flexibility index (Phi) is 4.81. The molecule has 1 aliphatic rings. The third kappa shape index (κ3) is 3.69. The molecule has 3 heteroatoms. The van der Waals surface area contributed by atoms with Gasteiger partial charge in [0.1, 0.15) is 5.82 Å². The van der Waals surface area contributed by atoms with Gasteiger partial charge < -0.3 is 10.2 Å². The van der Waals surface area contributed by atoms with Gasteiger partial charge in [-0.25, -0.2) is 4.98 Å². The summed E-state index contributed by atoms with van der Waals surface area (Å²) >= 11 is 0. The second-order valence-corrected chi connectivity index (χ2v) is 5.61. The molecule has 0 radical (unpaired) electrons. The molecular weight excluding hydrogens is 234 g/mol. The maximum atomic E-state index is 4.80. The molecule has 1 aromatic heterocycles. The summed E-state index contributed by atoms with van der Waals surface area (Å²) in [5, 5.41) is 3.56. The highest BCUT2D eigenvalue weighted by atomic mass is 15.2. The number of hydrogen-bond acceptors (Lipinski definition) is 3. The zero-order valence-corrected chi connectivity index (χ0v) is 12.7. The summed E-state index contributed by atoms with van der Waals surface area (Å²) in [6, 6.07) is 5.71. The summed E-state index contributed by atoms with van der Waals surface area (Å²) in [5.41, 5.74) is 2.49. The van der Waals surface area contributed by atoms with Crippen molar-refractivity contribution >= 4 is 5.82 Å². The van der Waals surface area contributed by atoms with Gasteiger partial charge in [-0.2, -0.15) is 0 Å². The van der Waals surface area contributed by atoms with E-state index in [0.717, 1.165) is 37.1 Å². The Morgan fingerprint density at radius 3 is 2.63 bits per heavy atom. The second kappa shape index (κ2) is 6.38. The molecule has 19 heavy (non-hydrogen) atoms. The number of aromatic nitrogens is 1. The largest absolute Gasteiger partial charge is 0.354 e. The van der Waals surface area contributed by atoms with Crippen molar-refractivity contribution < 1.29 is 0 Å². The molecular formula is C16H27N3. The number of aryl methyl sites for hydroxylation is 1. The Bertz CT molecular complexity index is 412. The number of nitrogens with one attached hydrogen (secondary N) is 1. The van der Waals surface area contributed by atoms with Gasteiger partial charge in [0.2, 0.25) is 0 Å². The number of rotatable bonds is 7. The van der Waals surface area contributed by atoms with E-state index in [2.05, 4.69) is 50.0 Å². The highest BCUT2D eigenvalue weighted by Crippen LogP contribution is 2.21. The average molecular weight is 261 g/mol. The molecule has 1 N–H and O–H groups in total.